The molecule has 1 unspecified atom stereocenters. The molecule has 3 nitrogen and oxygen atoms in total. The Balaban J connectivity index is 2.28. The van der Waals surface area contributed by atoms with E-state index in [-0.39, 0.29) is 11.7 Å². The van der Waals surface area contributed by atoms with E-state index in [2.05, 4.69) is 50.9 Å². The molecule has 1 aromatic carbocycles. The Morgan fingerprint density at radius 1 is 1.43 bits per heavy atom. The van der Waals surface area contributed by atoms with Crippen LogP contribution >= 0.6 is 11.6 Å². The third-order valence-corrected chi connectivity index (χ3v) is 4.05. The summed E-state index contributed by atoms with van der Waals surface area (Å²) in [4.78, 5) is 2.40. The summed E-state index contributed by atoms with van der Waals surface area (Å²) >= 11 is 6.44. The molecule has 0 spiro atoms. The van der Waals surface area contributed by atoms with Crippen molar-refractivity contribution in [2.24, 2.45) is 0 Å². The lowest BCUT2D eigenvalue weighted by Crippen LogP contribution is -2.52. The van der Waals surface area contributed by atoms with Gasteiger partial charge in [-0.2, -0.15) is 0 Å². The van der Waals surface area contributed by atoms with Gasteiger partial charge < -0.3 is 15.0 Å². The second kappa shape index (κ2) is 6.55. The van der Waals surface area contributed by atoms with Crippen molar-refractivity contribution in [1.29, 1.82) is 0 Å². The van der Waals surface area contributed by atoms with E-state index in [0.717, 1.165) is 24.7 Å². The number of ether oxygens (including phenoxy) is 1. The lowest BCUT2D eigenvalue weighted by atomic mass is 10.0. The SMILES string of the molecule is CC(C)NCc1c(Cl)cccc1N1CC(C)OC(C)(C)C1. The summed E-state index contributed by atoms with van der Waals surface area (Å²) < 4.78 is 6.00. The smallest absolute Gasteiger partial charge is 0.0805 e. The minimum Gasteiger partial charge on any atom is -0.369 e. The van der Waals surface area contributed by atoms with Crippen LogP contribution in [0.5, 0.6) is 0 Å². The Labute approximate surface area is 133 Å². The van der Waals surface area contributed by atoms with Gasteiger partial charge in [-0.25, -0.2) is 0 Å². The van der Waals surface area contributed by atoms with Gasteiger partial charge in [0, 0.05) is 41.9 Å². The van der Waals surface area contributed by atoms with Crippen molar-refractivity contribution in [3.63, 3.8) is 0 Å². The molecule has 4 heteroatoms. The van der Waals surface area contributed by atoms with Crippen LogP contribution in [0.15, 0.2) is 18.2 Å². The third kappa shape index (κ3) is 4.35. The number of halogens is 1. The Kier molecular flexibility index (Phi) is 5.18. The molecule has 1 fully saturated rings. The number of hydrogen-bond donors (Lipinski definition) is 1. The monoisotopic (exact) mass is 310 g/mol. The predicted octanol–water partition coefficient (Wildman–Crippen LogP) is 3.84. The third-order valence-electron chi connectivity index (χ3n) is 3.69. The molecular weight excluding hydrogens is 284 g/mol. The van der Waals surface area contributed by atoms with Crippen molar-refractivity contribution in [3.05, 3.63) is 28.8 Å². The molecule has 0 aromatic heterocycles. The van der Waals surface area contributed by atoms with Crippen LogP contribution in [0.2, 0.25) is 5.02 Å². The number of morpholine rings is 1. The van der Waals surface area contributed by atoms with Gasteiger partial charge in [-0.15, -0.1) is 0 Å². The van der Waals surface area contributed by atoms with Gasteiger partial charge in [0.1, 0.15) is 0 Å². The van der Waals surface area contributed by atoms with Gasteiger partial charge in [-0.05, 0) is 32.9 Å². The molecule has 118 valence electrons. The fourth-order valence-electron chi connectivity index (χ4n) is 2.96. The largest absolute Gasteiger partial charge is 0.369 e. The maximum Gasteiger partial charge on any atom is 0.0805 e. The first kappa shape index (κ1) is 16.6. The van der Waals surface area contributed by atoms with E-state index in [1.165, 1.54) is 11.3 Å². The molecule has 1 aromatic rings. The quantitative estimate of drug-likeness (QED) is 0.914. The van der Waals surface area contributed by atoms with E-state index in [1.54, 1.807) is 0 Å². The van der Waals surface area contributed by atoms with Crippen molar-refractivity contribution in [3.8, 4) is 0 Å². The maximum absolute atomic E-state index is 6.44. The normalized spacial score (nSPS) is 21.9. The second-order valence-electron chi connectivity index (χ2n) is 6.84. The maximum atomic E-state index is 6.44. The second-order valence-corrected chi connectivity index (χ2v) is 7.25. The van der Waals surface area contributed by atoms with Crippen LogP contribution in [0.3, 0.4) is 0 Å². The van der Waals surface area contributed by atoms with Gasteiger partial charge in [-0.3, -0.25) is 0 Å². The topological polar surface area (TPSA) is 24.5 Å². The lowest BCUT2D eigenvalue weighted by molar-refractivity contribution is -0.0750. The van der Waals surface area contributed by atoms with Crippen molar-refractivity contribution in [2.75, 3.05) is 18.0 Å². The zero-order chi connectivity index (χ0) is 15.6. The molecule has 21 heavy (non-hydrogen) atoms. The average molecular weight is 311 g/mol. The Hall–Kier alpha value is -0.770. The summed E-state index contributed by atoms with van der Waals surface area (Å²) in [6, 6.07) is 6.60. The first-order valence-corrected chi connectivity index (χ1v) is 8.10. The molecule has 0 amide bonds. The summed E-state index contributed by atoms with van der Waals surface area (Å²) in [7, 11) is 0. The molecule has 0 aliphatic carbocycles. The number of anilines is 1. The van der Waals surface area contributed by atoms with Crippen LogP contribution in [0.25, 0.3) is 0 Å². The summed E-state index contributed by atoms with van der Waals surface area (Å²) in [5, 5.41) is 4.30. The van der Waals surface area contributed by atoms with Crippen LogP contribution in [-0.4, -0.2) is 30.8 Å². The number of nitrogens with zero attached hydrogens (tertiary/aromatic N) is 1. The number of hydrogen-bond acceptors (Lipinski definition) is 3. The molecule has 2 rings (SSSR count). The van der Waals surface area contributed by atoms with Crippen LogP contribution in [0, 0.1) is 0 Å². The fraction of sp³-hybridized carbons (Fsp3) is 0.647. The van der Waals surface area contributed by atoms with Crippen molar-refractivity contribution >= 4 is 17.3 Å². The minimum atomic E-state index is -0.136. The molecule has 1 aliphatic rings. The summed E-state index contributed by atoms with van der Waals surface area (Å²) in [6.07, 6.45) is 0.221. The predicted molar refractivity (Wildman–Crippen MR) is 90.3 cm³/mol. The van der Waals surface area contributed by atoms with E-state index in [1.807, 2.05) is 12.1 Å². The van der Waals surface area contributed by atoms with E-state index < -0.39 is 0 Å². The minimum absolute atomic E-state index is 0.136. The zero-order valence-corrected chi connectivity index (χ0v) is 14.5. The van der Waals surface area contributed by atoms with Gasteiger partial charge in [0.2, 0.25) is 0 Å². The standard InChI is InChI=1S/C17H27ClN2O/c1-12(2)19-9-14-15(18)7-6-8-16(14)20-10-13(3)21-17(4,5)11-20/h6-8,12-13,19H,9-11H2,1-5H3. The fourth-order valence-corrected chi connectivity index (χ4v) is 3.20. The van der Waals surface area contributed by atoms with Gasteiger partial charge >= 0.3 is 0 Å². The van der Waals surface area contributed by atoms with Gasteiger partial charge in [-0.1, -0.05) is 31.5 Å². The summed E-state index contributed by atoms with van der Waals surface area (Å²) in [5.74, 6) is 0. The molecule has 1 saturated heterocycles. The summed E-state index contributed by atoms with van der Waals surface area (Å²) in [5.41, 5.74) is 2.26. The number of rotatable bonds is 4. The van der Waals surface area contributed by atoms with E-state index >= 15 is 0 Å². The Morgan fingerprint density at radius 2 is 2.14 bits per heavy atom. The molecule has 1 heterocycles. The van der Waals surface area contributed by atoms with Crippen LogP contribution in [0.4, 0.5) is 5.69 Å². The molecule has 0 saturated carbocycles. The zero-order valence-electron chi connectivity index (χ0n) is 13.7. The van der Waals surface area contributed by atoms with Crippen LogP contribution in [-0.2, 0) is 11.3 Å². The number of benzene rings is 1. The highest BCUT2D eigenvalue weighted by molar-refractivity contribution is 6.31. The van der Waals surface area contributed by atoms with Crippen molar-refractivity contribution < 1.29 is 4.74 Å². The molecule has 1 aliphatic heterocycles. The van der Waals surface area contributed by atoms with Gasteiger partial charge in [0.05, 0.1) is 11.7 Å². The van der Waals surface area contributed by atoms with Crippen LogP contribution in [0.1, 0.15) is 40.2 Å². The van der Waals surface area contributed by atoms with E-state index in [0.29, 0.717) is 6.04 Å². The lowest BCUT2D eigenvalue weighted by Gasteiger charge is -2.43. The molecule has 0 radical (unpaired) electrons. The van der Waals surface area contributed by atoms with Crippen molar-refractivity contribution in [2.45, 2.75) is 58.9 Å². The Morgan fingerprint density at radius 3 is 2.76 bits per heavy atom. The van der Waals surface area contributed by atoms with E-state index in [4.69, 9.17) is 16.3 Å². The molecular formula is C17H27ClN2O. The Bertz CT molecular complexity index is 488. The molecule has 1 N–H and O–H groups in total. The molecule has 0 bridgehead atoms. The van der Waals surface area contributed by atoms with Gasteiger partial charge in [0.15, 0.2) is 0 Å². The highest BCUT2D eigenvalue weighted by Crippen LogP contribution is 2.32. The molecule has 1 atom stereocenters. The first-order chi connectivity index (χ1) is 9.78. The van der Waals surface area contributed by atoms with Crippen molar-refractivity contribution in [1.82, 2.24) is 5.32 Å². The highest BCUT2D eigenvalue weighted by atomic mass is 35.5. The summed E-state index contributed by atoms with van der Waals surface area (Å²) in [6.45, 7) is 13.3. The number of nitrogens with one attached hydrogen (secondary N) is 1. The first-order valence-electron chi connectivity index (χ1n) is 7.72. The van der Waals surface area contributed by atoms with E-state index in [9.17, 15) is 0 Å². The van der Waals surface area contributed by atoms with Crippen LogP contribution < -0.4 is 10.2 Å². The van der Waals surface area contributed by atoms with Gasteiger partial charge in [0.25, 0.3) is 0 Å². The average Bonchev–Trinajstić information content (AvgIpc) is 2.34. The highest BCUT2D eigenvalue weighted by Gasteiger charge is 2.32.